The summed E-state index contributed by atoms with van der Waals surface area (Å²) in [5.74, 6) is 0.0386. The Kier molecular flexibility index (Phi) is 3.30. The molecule has 0 saturated carbocycles. The number of aromatic nitrogens is 3. The molecule has 0 amide bonds. The average Bonchev–Trinajstić information content (AvgIpc) is 2.57. The quantitative estimate of drug-likeness (QED) is 0.640. The van der Waals surface area contributed by atoms with Crippen molar-refractivity contribution in [1.29, 1.82) is 0 Å². The molecule has 2 aromatic heterocycles. The SMILES string of the molecule is Nc1nc(O)c2sc(=O)n(C/C=C\CCl)c2n1. The summed E-state index contributed by atoms with van der Waals surface area (Å²) < 4.78 is 1.74. The summed E-state index contributed by atoms with van der Waals surface area (Å²) in [5, 5.41) is 9.55. The summed E-state index contributed by atoms with van der Waals surface area (Å²) in [4.78, 5) is 19.0. The average molecular weight is 273 g/mol. The van der Waals surface area contributed by atoms with Crippen LogP contribution in [0.2, 0.25) is 0 Å². The Morgan fingerprint density at radius 3 is 2.94 bits per heavy atom. The third-order valence-corrected chi connectivity index (χ3v) is 3.20. The van der Waals surface area contributed by atoms with E-state index in [0.29, 0.717) is 22.8 Å². The van der Waals surface area contributed by atoms with E-state index in [4.69, 9.17) is 17.3 Å². The molecule has 0 radical (unpaired) electrons. The third kappa shape index (κ3) is 2.25. The molecule has 2 heterocycles. The van der Waals surface area contributed by atoms with Gasteiger partial charge in [-0.25, -0.2) is 0 Å². The number of nitrogens with two attached hydrogens (primary N) is 1. The van der Waals surface area contributed by atoms with Gasteiger partial charge in [-0.05, 0) is 0 Å². The van der Waals surface area contributed by atoms with Crippen LogP contribution >= 0.6 is 22.9 Å². The van der Waals surface area contributed by atoms with Gasteiger partial charge in [0.25, 0.3) is 0 Å². The molecular formula is C9H9ClN4O2S. The highest BCUT2D eigenvalue weighted by molar-refractivity contribution is 7.16. The standard InChI is InChI=1S/C9H9ClN4O2S/c10-3-1-2-4-14-6-5(17-9(14)16)7(15)13-8(11)12-6/h1-2H,3-4H2,(H3,11,12,13,15)/b2-1-. The summed E-state index contributed by atoms with van der Waals surface area (Å²) in [7, 11) is 0. The van der Waals surface area contributed by atoms with E-state index in [1.807, 2.05) is 0 Å². The first kappa shape index (κ1) is 11.9. The molecule has 0 bridgehead atoms. The summed E-state index contributed by atoms with van der Waals surface area (Å²) in [5.41, 5.74) is 5.76. The fraction of sp³-hybridized carbons (Fsp3) is 0.222. The van der Waals surface area contributed by atoms with Crippen molar-refractivity contribution in [1.82, 2.24) is 14.5 Å². The molecule has 2 aromatic rings. The second kappa shape index (κ2) is 4.72. The van der Waals surface area contributed by atoms with Crippen molar-refractivity contribution in [3.8, 4) is 5.88 Å². The fourth-order valence-electron chi connectivity index (χ4n) is 1.35. The Morgan fingerprint density at radius 1 is 1.47 bits per heavy atom. The topological polar surface area (TPSA) is 94.0 Å². The highest BCUT2D eigenvalue weighted by atomic mass is 35.5. The second-order valence-corrected chi connectivity index (χ2v) is 4.43. The number of aromatic hydroxyl groups is 1. The van der Waals surface area contributed by atoms with Crippen molar-refractivity contribution in [3.63, 3.8) is 0 Å². The van der Waals surface area contributed by atoms with Crippen LogP contribution in [0.4, 0.5) is 5.95 Å². The van der Waals surface area contributed by atoms with E-state index in [9.17, 15) is 9.90 Å². The highest BCUT2D eigenvalue weighted by Crippen LogP contribution is 2.24. The first-order valence-electron chi connectivity index (χ1n) is 4.70. The number of fused-ring (bicyclic) bond motifs is 1. The summed E-state index contributed by atoms with van der Waals surface area (Å²) in [6.45, 7) is 0.335. The van der Waals surface area contributed by atoms with E-state index in [1.165, 1.54) is 4.57 Å². The maximum Gasteiger partial charge on any atom is 0.309 e. The lowest BCUT2D eigenvalue weighted by Crippen LogP contribution is -2.12. The number of rotatable bonds is 3. The Bertz CT molecular complexity index is 634. The molecular weight excluding hydrogens is 264 g/mol. The van der Waals surface area contributed by atoms with Crippen LogP contribution < -0.4 is 10.6 Å². The molecule has 0 aromatic carbocycles. The van der Waals surface area contributed by atoms with E-state index in [2.05, 4.69) is 9.97 Å². The molecule has 17 heavy (non-hydrogen) atoms. The van der Waals surface area contributed by atoms with Crippen LogP contribution in [0.3, 0.4) is 0 Å². The van der Waals surface area contributed by atoms with Crippen LogP contribution in [0.1, 0.15) is 0 Å². The predicted molar refractivity (Wildman–Crippen MR) is 67.6 cm³/mol. The van der Waals surface area contributed by atoms with Crippen LogP contribution in [-0.2, 0) is 6.54 Å². The molecule has 0 saturated heterocycles. The Balaban J connectivity index is 2.58. The zero-order chi connectivity index (χ0) is 12.4. The lowest BCUT2D eigenvalue weighted by Gasteiger charge is -1.99. The Hall–Kier alpha value is -1.60. The third-order valence-electron chi connectivity index (χ3n) is 2.06. The summed E-state index contributed by atoms with van der Waals surface area (Å²) in [6.07, 6.45) is 3.47. The van der Waals surface area contributed by atoms with Crippen molar-refractivity contribution in [2.24, 2.45) is 0 Å². The Morgan fingerprint density at radius 2 is 2.24 bits per heavy atom. The van der Waals surface area contributed by atoms with Crippen molar-refractivity contribution in [2.75, 3.05) is 11.6 Å². The van der Waals surface area contributed by atoms with Gasteiger partial charge in [-0.2, -0.15) is 9.97 Å². The van der Waals surface area contributed by atoms with Gasteiger partial charge in [0.1, 0.15) is 4.70 Å². The fourth-order valence-corrected chi connectivity index (χ4v) is 2.31. The normalized spacial score (nSPS) is 11.6. The van der Waals surface area contributed by atoms with Crippen LogP contribution in [0, 0.1) is 0 Å². The number of allylic oxidation sites excluding steroid dienone is 2. The van der Waals surface area contributed by atoms with Gasteiger partial charge in [0.05, 0.1) is 0 Å². The van der Waals surface area contributed by atoms with Gasteiger partial charge in [0, 0.05) is 12.4 Å². The number of alkyl halides is 1. The van der Waals surface area contributed by atoms with E-state index in [1.54, 1.807) is 12.2 Å². The van der Waals surface area contributed by atoms with Gasteiger partial charge in [0.15, 0.2) is 5.65 Å². The molecule has 6 nitrogen and oxygen atoms in total. The number of halogens is 1. The lowest BCUT2D eigenvalue weighted by molar-refractivity contribution is 0.461. The van der Waals surface area contributed by atoms with Gasteiger partial charge in [0.2, 0.25) is 11.8 Å². The van der Waals surface area contributed by atoms with Gasteiger partial charge < -0.3 is 10.8 Å². The minimum Gasteiger partial charge on any atom is -0.492 e. The number of nitrogens with zero attached hydrogens (tertiary/aromatic N) is 3. The van der Waals surface area contributed by atoms with Crippen molar-refractivity contribution in [3.05, 3.63) is 21.8 Å². The van der Waals surface area contributed by atoms with Gasteiger partial charge in [-0.1, -0.05) is 23.5 Å². The van der Waals surface area contributed by atoms with E-state index >= 15 is 0 Å². The van der Waals surface area contributed by atoms with Crippen LogP contribution in [0.5, 0.6) is 5.88 Å². The molecule has 0 unspecified atom stereocenters. The second-order valence-electron chi connectivity index (χ2n) is 3.16. The summed E-state index contributed by atoms with van der Waals surface area (Å²) in [6, 6.07) is 0. The van der Waals surface area contributed by atoms with E-state index < -0.39 is 0 Å². The zero-order valence-electron chi connectivity index (χ0n) is 8.63. The maximum atomic E-state index is 11.7. The lowest BCUT2D eigenvalue weighted by atomic mass is 10.5. The van der Waals surface area contributed by atoms with Crippen molar-refractivity contribution < 1.29 is 5.11 Å². The highest BCUT2D eigenvalue weighted by Gasteiger charge is 2.13. The van der Waals surface area contributed by atoms with Crippen LogP contribution in [0.15, 0.2) is 16.9 Å². The summed E-state index contributed by atoms with van der Waals surface area (Å²) >= 11 is 6.38. The molecule has 0 spiro atoms. The number of hydrogen-bond acceptors (Lipinski definition) is 6. The molecule has 3 N–H and O–H groups in total. The molecule has 90 valence electrons. The van der Waals surface area contributed by atoms with Gasteiger partial charge >= 0.3 is 4.87 Å². The molecule has 0 fully saturated rings. The van der Waals surface area contributed by atoms with Gasteiger partial charge in [-0.3, -0.25) is 9.36 Å². The van der Waals surface area contributed by atoms with E-state index in [0.717, 1.165) is 11.3 Å². The zero-order valence-corrected chi connectivity index (χ0v) is 10.2. The predicted octanol–water partition coefficient (Wildman–Crippen LogP) is 0.936. The Labute approximate surface area is 105 Å². The minimum atomic E-state index is -0.269. The number of thiazole rings is 1. The van der Waals surface area contributed by atoms with E-state index in [-0.39, 0.29) is 16.7 Å². The van der Waals surface area contributed by atoms with Crippen LogP contribution in [0.25, 0.3) is 10.3 Å². The number of nitrogen functional groups attached to an aromatic ring is 1. The molecule has 0 aliphatic heterocycles. The number of hydrogen-bond donors (Lipinski definition) is 2. The maximum absolute atomic E-state index is 11.7. The molecule has 2 rings (SSSR count). The van der Waals surface area contributed by atoms with Crippen molar-refractivity contribution in [2.45, 2.75) is 6.54 Å². The monoisotopic (exact) mass is 272 g/mol. The van der Waals surface area contributed by atoms with Gasteiger partial charge in [-0.15, -0.1) is 11.6 Å². The first-order chi connectivity index (χ1) is 8.13. The molecule has 8 heteroatoms. The van der Waals surface area contributed by atoms with Crippen LogP contribution in [-0.4, -0.2) is 25.5 Å². The smallest absolute Gasteiger partial charge is 0.309 e. The molecule has 0 atom stereocenters. The first-order valence-corrected chi connectivity index (χ1v) is 6.05. The molecule has 0 aliphatic carbocycles. The minimum absolute atomic E-state index is 0.0668. The molecule has 0 aliphatic rings. The van der Waals surface area contributed by atoms with Crippen molar-refractivity contribution >= 4 is 39.2 Å². The largest absolute Gasteiger partial charge is 0.492 e. The number of anilines is 1.